The summed E-state index contributed by atoms with van der Waals surface area (Å²) in [6.45, 7) is 1.11. The Morgan fingerprint density at radius 3 is 2.77 bits per heavy atom. The van der Waals surface area contributed by atoms with Crippen LogP contribution in [-0.4, -0.2) is 21.3 Å². The molecule has 0 radical (unpaired) electrons. The molecule has 4 nitrogen and oxygen atoms in total. The number of aryl methyl sites for hydroxylation is 1. The molecule has 1 aromatic heterocycles. The number of aromatic nitrogens is 3. The van der Waals surface area contributed by atoms with Crippen molar-refractivity contribution in [2.45, 2.75) is 18.9 Å². The Morgan fingerprint density at radius 2 is 2.31 bits per heavy atom. The molecule has 13 heavy (non-hydrogen) atoms. The summed E-state index contributed by atoms with van der Waals surface area (Å²) >= 11 is 0. The first-order valence-electron chi connectivity index (χ1n) is 3.95. The second-order valence-corrected chi connectivity index (χ2v) is 2.95. The van der Waals surface area contributed by atoms with Gasteiger partial charge in [-0.1, -0.05) is 0 Å². The smallest absolute Gasteiger partial charge is 0.149 e. The van der Waals surface area contributed by atoms with Gasteiger partial charge in [-0.25, -0.2) is 0 Å². The zero-order chi connectivity index (χ0) is 7.68. The van der Waals surface area contributed by atoms with E-state index in [1.54, 1.807) is 6.33 Å². The van der Waals surface area contributed by atoms with Gasteiger partial charge in [0.05, 0.1) is 6.04 Å². The van der Waals surface area contributed by atoms with E-state index in [4.69, 9.17) is 0 Å². The molecule has 0 bridgehead atoms. The Labute approximate surface area is 89.9 Å². The zero-order valence-corrected chi connectivity index (χ0v) is 9.07. The van der Waals surface area contributed by atoms with E-state index in [1.807, 2.05) is 11.6 Å². The molecular formula is C7H14Cl2N4. The first-order chi connectivity index (χ1) is 5.38. The van der Waals surface area contributed by atoms with Crippen molar-refractivity contribution in [1.82, 2.24) is 20.1 Å². The van der Waals surface area contributed by atoms with Gasteiger partial charge in [-0.3, -0.25) is 0 Å². The number of nitrogens with one attached hydrogen (secondary N) is 1. The third-order valence-corrected chi connectivity index (χ3v) is 2.12. The molecule has 1 saturated heterocycles. The van der Waals surface area contributed by atoms with E-state index >= 15 is 0 Å². The van der Waals surface area contributed by atoms with Gasteiger partial charge in [-0.05, 0) is 19.4 Å². The lowest BCUT2D eigenvalue weighted by molar-refractivity contribution is 0.577. The minimum atomic E-state index is 0. The van der Waals surface area contributed by atoms with Crippen LogP contribution in [0.1, 0.15) is 24.7 Å². The number of nitrogens with zero attached hydrogens (tertiary/aromatic N) is 3. The quantitative estimate of drug-likeness (QED) is 0.777. The summed E-state index contributed by atoms with van der Waals surface area (Å²) in [7, 11) is 1.98. The fourth-order valence-corrected chi connectivity index (χ4v) is 1.51. The molecule has 2 rings (SSSR count). The summed E-state index contributed by atoms with van der Waals surface area (Å²) in [6.07, 6.45) is 4.18. The number of hydrogen-bond acceptors (Lipinski definition) is 3. The number of hydrogen-bond donors (Lipinski definition) is 1. The van der Waals surface area contributed by atoms with Gasteiger partial charge < -0.3 is 9.88 Å². The molecule has 6 heteroatoms. The van der Waals surface area contributed by atoms with Crippen LogP contribution in [0.2, 0.25) is 0 Å². The molecule has 1 aliphatic rings. The van der Waals surface area contributed by atoms with Gasteiger partial charge in [0.25, 0.3) is 0 Å². The molecule has 1 aromatic rings. The molecule has 0 aromatic carbocycles. The highest BCUT2D eigenvalue weighted by Gasteiger charge is 2.19. The van der Waals surface area contributed by atoms with Gasteiger partial charge in [-0.15, -0.1) is 35.0 Å². The van der Waals surface area contributed by atoms with E-state index in [-0.39, 0.29) is 24.8 Å². The van der Waals surface area contributed by atoms with E-state index in [0.29, 0.717) is 6.04 Å². The van der Waals surface area contributed by atoms with E-state index < -0.39 is 0 Å². The van der Waals surface area contributed by atoms with Gasteiger partial charge in [0.2, 0.25) is 0 Å². The molecule has 0 aliphatic carbocycles. The van der Waals surface area contributed by atoms with Gasteiger partial charge >= 0.3 is 0 Å². The highest BCUT2D eigenvalue weighted by molar-refractivity contribution is 5.85. The summed E-state index contributed by atoms with van der Waals surface area (Å²) < 4.78 is 1.98. The third kappa shape index (κ3) is 2.56. The fraction of sp³-hybridized carbons (Fsp3) is 0.714. The van der Waals surface area contributed by atoms with E-state index in [2.05, 4.69) is 15.5 Å². The van der Waals surface area contributed by atoms with Crippen molar-refractivity contribution in [1.29, 1.82) is 0 Å². The molecule has 0 saturated carbocycles. The van der Waals surface area contributed by atoms with E-state index in [0.717, 1.165) is 12.4 Å². The van der Waals surface area contributed by atoms with Crippen LogP contribution in [0, 0.1) is 0 Å². The fourth-order valence-electron chi connectivity index (χ4n) is 1.51. The van der Waals surface area contributed by atoms with Crippen molar-refractivity contribution in [3.63, 3.8) is 0 Å². The molecule has 1 N–H and O–H groups in total. The molecule has 76 valence electrons. The van der Waals surface area contributed by atoms with Crippen LogP contribution in [0.25, 0.3) is 0 Å². The molecule has 1 fully saturated rings. The van der Waals surface area contributed by atoms with Crippen molar-refractivity contribution < 1.29 is 0 Å². The molecule has 0 spiro atoms. The Bertz CT molecular complexity index is 244. The maximum atomic E-state index is 4.05. The van der Waals surface area contributed by atoms with E-state index in [9.17, 15) is 0 Å². The average molecular weight is 225 g/mol. The van der Waals surface area contributed by atoms with E-state index in [1.165, 1.54) is 12.8 Å². The molecule has 2 heterocycles. The van der Waals surface area contributed by atoms with Crippen molar-refractivity contribution in [3.8, 4) is 0 Å². The molecule has 1 unspecified atom stereocenters. The van der Waals surface area contributed by atoms with Crippen molar-refractivity contribution in [2.24, 2.45) is 7.05 Å². The standard InChI is InChI=1S/C7H12N4.2ClH/c1-11-5-9-10-7(11)6-3-2-4-8-6;;/h5-6,8H,2-4H2,1H3;2*1H. The van der Waals surface area contributed by atoms with Crippen molar-refractivity contribution in [3.05, 3.63) is 12.2 Å². The van der Waals surface area contributed by atoms with Crippen LogP contribution in [0.5, 0.6) is 0 Å². The summed E-state index contributed by atoms with van der Waals surface area (Å²) in [4.78, 5) is 0. The van der Waals surface area contributed by atoms with Crippen molar-refractivity contribution in [2.75, 3.05) is 6.54 Å². The van der Waals surface area contributed by atoms with Crippen molar-refractivity contribution >= 4 is 24.8 Å². The second-order valence-electron chi connectivity index (χ2n) is 2.95. The summed E-state index contributed by atoms with van der Waals surface area (Å²) in [5.41, 5.74) is 0. The number of rotatable bonds is 1. The zero-order valence-electron chi connectivity index (χ0n) is 7.43. The summed E-state index contributed by atoms with van der Waals surface area (Å²) in [5, 5.41) is 11.3. The lowest BCUT2D eigenvalue weighted by Crippen LogP contribution is -2.16. The largest absolute Gasteiger partial charge is 0.319 e. The van der Waals surface area contributed by atoms with Crippen LogP contribution in [-0.2, 0) is 7.05 Å². The van der Waals surface area contributed by atoms with Gasteiger partial charge in [-0.2, -0.15) is 0 Å². The lowest BCUT2D eigenvalue weighted by atomic mass is 10.2. The monoisotopic (exact) mass is 224 g/mol. The molecule has 1 atom stereocenters. The average Bonchev–Trinajstić information content (AvgIpc) is 2.55. The minimum absolute atomic E-state index is 0. The lowest BCUT2D eigenvalue weighted by Gasteiger charge is -2.07. The maximum absolute atomic E-state index is 4.05. The minimum Gasteiger partial charge on any atom is -0.319 e. The maximum Gasteiger partial charge on any atom is 0.149 e. The Hall–Kier alpha value is -0.320. The van der Waals surface area contributed by atoms with Crippen LogP contribution in [0.15, 0.2) is 6.33 Å². The Kier molecular flexibility index (Phi) is 5.29. The normalized spacial score (nSPS) is 20.5. The predicted molar refractivity (Wildman–Crippen MR) is 55.5 cm³/mol. The molecular weight excluding hydrogens is 211 g/mol. The van der Waals surface area contributed by atoms with Crippen LogP contribution < -0.4 is 5.32 Å². The topological polar surface area (TPSA) is 42.7 Å². The first-order valence-corrected chi connectivity index (χ1v) is 3.95. The second kappa shape index (κ2) is 5.42. The van der Waals surface area contributed by atoms with Crippen LogP contribution in [0.4, 0.5) is 0 Å². The highest BCUT2D eigenvalue weighted by atomic mass is 35.5. The number of halogens is 2. The first kappa shape index (κ1) is 12.7. The SMILES string of the molecule is Cl.Cl.Cn1cnnc1C1CCCN1. The highest BCUT2D eigenvalue weighted by Crippen LogP contribution is 2.19. The Balaban J connectivity index is 0.000000720. The van der Waals surface area contributed by atoms with Crippen LogP contribution in [0.3, 0.4) is 0 Å². The van der Waals surface area contributed by atoms with Gasteiger partial charge in [0, 0.05) is 7.05 Å². The summed E-state index contributed by atoms with van der Waals surface area (Å²) in [6, 6.07) is 0.433. The van der Waals surface area contributed by atoms with Gasteiger partial charge in [0.15, 0.2) is 0 Å². The predicted octanol–water partition coefficient (Wildman–Crippen LogP) is 1.08. The summed E-state index contributed by atoms with van der Waals surface area (Å²) in [5.74, 6) is 1.06. The van der Waals surface area contributed by atoms with Gasteiger partial charge in [0.1, 0.15) is 12.2 Å². The van der Waals surface area contributed by atoms with Crippen LogP contribution >= 0.6 is 24.8 Å². The third-order valence-electron chi connectivity index (χ3n) is 2.12. The molecule has 0 amide bonds. The Morgan fingerprint density at radius 1 is 1.54 bits per heavy atom. The molecule has 1 aliphatic heterocycles.